The van der Waals surface area contributed by atoms with E-state index in [2.05, 4.69) is 39.0 Å². The first-order valence-electron chi connectivity index (χ1n) is 4.83. The highest BCUT2D eigenvalue weighted by Crippen LogP contribution is 2.38. The molecule has 15 heavy (non-hydrogen) atoms. The Morgan fingerprint density at radius 2 is 1.53 bits per heavy atom. The predicted molar refractivity (Wildman–Crippen MR) is 71.3 cm³/mol. The van der Waals surface area contributed by atoms with Crippen LogP contribution in [0.5, 0.6) is 0 Å². The summed E-state index contributed by atoms with van der Waals surface area (Å²) < 4.78 is 0.857. The monoisotopic (exact) mass is 256 g/mol. The fourth-order valence-corrected chi connectivity index (χ4v) is 3.52. The van der Waals surface area contributed by atoms with Crippen LogP contribution < -0.4 is 0 Å². The summed E-state index contributed by atoms with van der Waals surface area (Å²) in [7, 11) is 0. The van der Waals surface area contributed by atoms with Crippen LogP contribution in [0.3, 0.4) is 0 Å². The summed E-state index contributed by atoms with van der Waals surface area (Å²) in [5, 5.41) is 0. The first-order valence-corrected chi connectivity index (χ1v) is 6.84. The summed E-state index contributed by atoms with van der Waals surface area (Å²) in [4.78, 5) is 4.00. The second kappa shape index (κ2) is 3.93. The minimum absolute atomic E-state index is 0.240. The first kappa shape index (κ1) is 11.2. The topological polar surface area (TPSA) is 0 Å². The average Bonchev–Trinajstić information content (AvgIpc) is 2.69. The van der Waals surface area contributed by atoms with Crippen LogP contribution in [0, 0.1) is 0 Å². The molecule has 2 heterocycles. The molecule has 2 aromatic heterocycles. The summed E-state index contributed by atoms with van der Waals surface area (Å²) in [5.74, 6) is 0. The maximum atomic E-state index is 5.93. The second-order valence-electron chi connectivity index (χ2n) is 4.52. The Labute approximate surface area is 104 Å². The molecule has 0 aliphatic carbocycles. The molecule has 0 fully saturated rings. The fraction of sp³-hybridized carbons (Fsp3) is 0.333. The molecule has 0 N–H and O–H groups in total. The zero-order valence-corrected chi connectivity index (χ0v) is 11.4. The van der Waals surface area contributed by atoms with Crippen LogP contribution in [-0.4, -0.2) is 0 Å². The Bertz CT molecular complexity index is 460. The van der Waals surface area contributed by atoms with Gasteiger partial charge >= 0.3 is 0 Å². The molecule has 0 aliphatic rings. The molecule has 0 nitrogen and oxygen atoms in total. The smallest absolute Gasteiger partial charge is 0.0935 e. The molecule has 0 aromatic carbocycles. The second-order valence-corrected chi connectivity index (χ2v) is 7.32. The Balaban J connectivity index is 2.36. The summed E-state index contributed by atoms with van der Waals surface area (Å²) in [6.07, 6.45) is 0. The van der Waals surface area contributed by atoms with Crippen molar-refractivity contribution in [2.24, 2.45) is 0 Å². The Kier molecular flexibility index (Phi) is 2.93. The van der Waals surface area contributed by atoms with Gasteiger partial charge in [-0.15, -0.1) is 22.7 Å². The maximum absolute atomic E-state index is 5.93. The molecule has 0 atom stereocenters. The van der Waals surface area contributed by atoms with E-state index in [1.807, 2.05) is 17.4 Å². The third-order valence-corrected chi connectivity index (χ3v) is 5.10. The van der Waals surface area contributed by atoms with Gasteiger partial charge in [0.25, 0.3) is 0 Å². The van der Waals surface area contributed by atoms with Crippen LogP contribution in [0.15, 0.2) is 24.3 Å². The van der Waals surface area contributed by atoms with Crippen molar-refractivity contribution in [2.45, 2.75) is 26.2 Å². The van der Waals surface area contributed by atoms with Gasteiger partial charge in [-0.25, -0.2) is 0 Å². The van der Waals surface area contributed by atoms with Crippen molar-refractivity contribution in [1.29, 1.82) is 0 Å². The van der Waals surface area contributed by atoms with Gasteiger partial charge in [-0.3, -0.25) is 0 Å². The summed E-state index contributed by atoms with van der Waals surface area (Å²) in [5.41, 5.74) is 0.240. The highest BCUT2D eigenvalue weighted by molar-refractivity contribution is 7.24. The van der Waals surface area contributed by atoms with Gasteiger partial charge in [0, 0.05) is 14.6 Å². The first-order chi connectivity index (χ1) is 6.97. The zero-order chi connectivity index (χ0) is 11.1. The number of hydrogen-bond donors (Lipinski definition) is 0. The molecular formula is C12H13ClS2. The van der Waals surface area contributed by atoms with Crippen molar-refractivity contribution < 1.29 is 0 Å². The number of halogens is 1. The van der Waals surface area contributed by atoms with E-state index in [9.17, 15) is 0 Å². The van der Waals surface area contributed by atoms with Crippen molar-refractivity contribution in [2.75, 3.05) is 0 Å². The lowest BCUT2D eigenvalue weighted by Crippen LogP contribution is -2.07. The number of rotatable bonds is 1. The Hall–Kier alpha value is -0.310. The highest BCUT2D eigenvalue weighted by Gasteiger charge is 2.16. The number of hydrogen-bond acceptors (Lipinski definition) is 2. The Morgan fingerprint density at radius 3 is 2.00 bits per heavy atom. The quantitative estimate of drug-likeness (QED) is 0.638. The van der Waals surface area contributed by atoms with Crippen molar-refractivity contribution in [3.8, 4) is 9.75 Å². The van der Waals surface area contributed by atoms with Gasteiger partial charge in [0.2, 0.25) is 0 Å². The number of thiophene rings is 2. The van der Waals surface area contributed by atoms with Gasteiger partial charge in [0.15, 0.2) is 0 Å². The van der Waals surface area contributed by atoms with Gasteiger partial charge in [-0.1, -0.05) is 32.4 Å². The largest absolute Gasteiger partial charge is 0.139 e. The Morgan fingerprint density at radius 1 is 0.933 bits per heavy atom. The summed E-state index contributed by atoms with van der Waals surface area (Å²) in [6.45, 7) is 6.72. The van der Waals surface area contributed by atoms with Crippen molar-refractivity contribution >= 4 is 34.3 Å². The van der Waals surface area contributed by atoms with E-state index in [0.717, 1.165) is 4.34 Å². The van der Waals surface area contributed by atoms with Crippen LogP contribution in [0.1, 0.15) is 25.6 Å². The van der Waals surface area contributed by atoms with Crippen LogP contribution in [0.2, 0.25) is 4.34 Å². The van der Waals surface area contributed by atoms with E-state index in [1.165, 1.54) is 14.6 Å². The molecule has 0 aliphatic heterocycles. The van der Waals surface area contributed by atoms with Crippen LogP contribution >= 0.6 is 34.3 Å². The molecular weight excluding hydrogens is 244 g/mol. The predicted octanol–water partition coefficient (Wildman–Crippen LogP) is 5.43. The SMILES string of the molecule is CC(C)(C)c1ccc(-c2ccc(Cl)s2)s1. The lowest BCUT2D eigenvalue weighted by Gasteiger charge is -2.15. The average molecular weight is 257 g/mol. The molecule has 0 saturated carbocycles. The molecule has 0 radical (unpaired) electrons. The molecule has 0 bridgehead atoms. The molecule has 0 unspecified atom stereocenters. The van der Waals surface area contributed by atoms with Crippen molar-refractivity contribution in [3.63, 3.8) is 0 Å². The third kappa shape index (κ3) is 2.44. The third-order valence-electron chi connectivity index (χ3n) is 2.16. The minimum Gasteiger partial charge on any atom is -0.139 e. The van der Waals surface area contributed by atoms with Gasteiger partial charge in [0.1, 0.15) is 0 Å². The van der Waals surface area contributed by atoms with E-state index in [1.54, 1.807) is 11.3 Å². The van der Waals surface area contributed by atoms with Gasteiger partial charge < -0.3 is 0 Å². The molecule has 80 valence electrons. The van der Waals surface area contributed by atoms with Gasteiger partial charge in [-0.2, -0.15) is 0 Å². The van der Waals surface area contributed by atoms with E-state index >= 15 is 0 Å². The van der Waals surface area contributed by atoms with Crippen LogP contribution in [0.4, 0.5) is 0 Å². The maximum Gasteiger partial charge on any atom is 0.0935 e. The van der Waals surface area contributed by atoms with Gasteiger partial charge in [-0.05, 0) is 29.7 Å². The summed E-state index contributed by atoms with van der Waals surface area (Å²) >= 11 is 9.43. The van der Waals surface area contributed by atoms with E-state index in [4.69, 9.17) is 11.6 Å². The van der Waals surface area contributed by atoms with E-state index < -0.39 is 0 Å². The molecule has 2 rings (SSSR count). The van der Waals surface area contributed by atoms with E-state index in [0.29, 0.717) is 0 Å². The van der Waals surface area contributed by atoms with E-state index in [-0.39, 0.29) is 5.41 Å². The van der Waals surface area contributed by atoms with Crippen LogP contribution in [-0.2, 0) is 5.41 Å². The molecule has 3 heteroatoms. The van der Waals surface area contributed by atoms with Gasteiger partial charge in [0.05, 0.1) is 4.34 Å². The zero-order valence-electron chi connectivity index (χ0n) is 9.00. The van der Waals surface area contributed by atoms with Crippen LogP contribution in [0.25, 0.3) is 9.75 Å². The minimum atomic E-state index is 0.240. The molecule has 2 aromatic rings. The molecule has 0 spiro atoms. The van der Waals surface area contributed by atoms with Crippen molar-refractivity contribution in [3.05, 3.63) is 33.5 Å². The lowest BCUT2D eigenvalue weighted by molar-refractivity contribution is 0.604. The highest BCUT2D eigenvalue weighted by atomic mass is 35.5. The normalized spacial score (nSPS) is 12.0. The van der Waals surface area contributed by atoms with Crippen molar-refractivity contribution in [1.82, 2.24) is 0 Å². The molecule has 0 saturated heterocycles. The fourth-order valence-electron chi connectivity index (χ4n) is 1.32. The summed E-state index contributed by atoms with van der Waals surface area (Å²) in [6, 6.07) is 8.45. The standard InChI is InChI=1S/C12H13ClS2/c1-12(2,3)10-6-4-8(14-10)9-5-7-11(13)15-9/h4-7H,1-3H3. The lowest BCUT2D eigenvalue weighted by atomic mass is 9.95. The molecule has 0 amide bonds.